The van der Waals surface area contributed by atoms with Crippen molar-refractivity contribution in [2.45, 2.75) is 25.8 Å². The first kappa shape index (κ1) is 21.3. The van der Waals surface area contributed by atoms with Gasteiger partial charge < -0.3 is 5.32 Å². The van der Waals surface area contributed by atoms with Gasteiger partial charge in [-0.1, -0.05) is 72.8 Å². The lowest BCUT2D eigenvalue weighted by Crippen LogP contribution is -2.50. The molecule has 1 N–H and O–H groups in total. The molecule has 1 fully saturated rings. The number of hydrogen-bond acceptors (Lipinski definition) is 3. The molecule has 0 saturated carbocycles. The van der Waals surface area contributed by atoms with E-state index in [1.54, 1.807) is 0 Å². The van der Waals surface area contributed by atoms with Crippen molar-refractivity contribution in [2.75, 3.05) is 39.3 Å². The van der Waals surface area contributed by atoms with Gasteiger partial charge in [-0.2, -0.15) is 0 Å². The molecule has 29 heavy (non-hydrogen) atoms. The van der Waals surface area contributed by atoms with Crippen LogP contribution in [-0.2, 0) is 11.2 Å². The predicted octanol–water partition coefficient (Wildman–Crippen LogP) is 3.45. The van der Waals surface area contributed by atoms with E-state index in [1.165, 1.54) is 11.1 Å². The second-order valence-corrected chi connectivity index (χ2v) is 7.88. The van der Waals surface area contributed by atoms with Gasteiger partial charge in [-0.3, -0.25) is 14.6 Å². The molecule has 1 amide bonds. The van der Waals surface area contributed by atoms with E-state index >= 15 is 0 Å². The van der Waals surface area contributed by atoms with Crippen molar-refractivity contribution >= 4 is 12.0 Å². The third-order valence-electron chi connectivity index (χ3n) is 5.42. The third-order valence-corrected chi connectivity index (χ3v) is 5.42. The van der Waals surface area contributed by atoms with Crippen molar-refractivity contribution in [2.24, 2.45) is 0 Å². The standard InChI is InChI=1S/C25H33N3O/c1-22(14-15-24-11-6-3-7-12-24)26-25(29)21-28-19-17-27(18-20-28)16-8-13-23-9-4-2-5-10-23/h2-13,22H,14-21H2,1H3,(H,26,29)/b13-8+/t22-/m0/s1. The average Bonchev–Trinajstić information content (AvgIpc) is 2.75. The Kier molecular flexibility index (Phi) is 8.47. The maximum Gasteiger partial charge on any atom is 0.234 e. The molecule has 0 radical (unpaired) electrons. The van der Waals surface area contributed by atoms with Gasteiger partial charge >= 0.3 is 0 Å². The van der Waals surface area contributed by atoms with Gasteiger partial charge in [0.2, 0.25) is 5.91 Å². The highest BCUT2D eigenvalue weighted by Crippen LogP contribution is 2.06. The number of hydrogen-bond donors (Lipinski definition) is 1. The Labute approximate surface area is 175 Å². The van der Waals surface area contributed by atoms with Crippen LogP contribution in [0.5, 0.6) is 0 Å². The van der Waals surface area contributed by atoms with E-state index in [0.717, 1.165) is 45.6 Å². The first-order chi connectivity index (χ1) is 14.2. The molecule has 154 valence electrons. The highest BCUT2D eigenvalue weighted by molar-refractivity contribution is 5.78. The van der Waals surface area contributed by atoms with Gasteiger partial charge in [0.05, 0.1) is 6.54 Å². The summed E-state index contributed by atoms with van der Waals surface area (Å²) >= 11 is 0. The number of rotatable bonds is 9. The van der Waals surface area contributed by atoms with E-state index in [4.69, 9.17) is 0 Å². The lowest BCUT2D eigenvalue weighted by atomic mass is 10.1. The normalized spacial score (nSPS) is 16.7. The summed E-state index contributed by atoms with van der Waals surface area (Å²) in [6.45, 7) is 7.48. The van der Waals surface area contributed by atoms with Gasteiger partial charge in [0.1, 0.15) is 0 Å². The topological polar surface area (TPSA) is 35.6 Å². The van der Waals surface area contributed by atoms with Gasteiger partial charge in [-0.05, 0) is 30.9 Å². The van der Waals surface area contributed by atoms with Crippen LogP contribution in [0.4, 0.5) is 0 Å². The second kappa shape index (κ2) is 11.5. The van der Waals surface area contributed by atoms with Crippen LogP contribution in [0.1, 0.15) is 24.5 Å². The highest BCUT2D eigenvalue weighted by atomic mass is 16.2. The van der Waals surface area contributed by atoms with Crippen molar-refractivity contribution in [1.29, 1.82) is 0 Å². The second-order valence-electron chi connectivity index (χ2n) is 7.88. The zero-order valence-corrected chi connectivity index (χ0v) is 17.5. The number of amides is 1. The minimum absolute atomic E-state index is 0.142. The minimum Gasteiger partial charge on any atom is -0.353 e. The summed E-state index contributed by atoms with van der Waals surface area (Å²) in [5.41, 5.74) is 2.57. The molecule has 2 aromatic rings. The number of nitrogens with zero attached hydrogens (tertiary/aromatic N) is 2. The number of carbonyl (C=O) groups is 1. The van der Waals surface area contributed by atoms with Crippen LogP contribution in [0.2, 0.25) is 0 Å². The maximum absolute atomic E-state index is 12.4. The summed E-state index contributed by atoms with van der Waals surface area (Å²) in [7, 11) is 0. The van der Waals surface area contributed by atoms with E-state index in [-0.39, 0.29) is 11.9 Å². The molecular weight excluding hydrogens is 358 g/mol. The molecule has 1 atom stereocenters. The largest absolute Gasteiger partial charge is 0.353 e. The van der Waals surface area contributed by atoms with Crippen LogP contribution in [-0.4, -0.2) is 61.0 Å². The average molecular weight is 392 g/mol. The Bertz CT molecular complexity index is 752. The fourth-order valence-corrected chi connectivity index (χ4v) is 3.66. The Morgan fingerprint density at radius 2 is 1.59 bits per heavy atom. The number of benzene rings is 2. The Morgan fingerprint density at radius 3 is 2.28 bits per heavy atom. The lowest BCUT2D eigenvalue weighted by molar-refractivity contribution is -0.123. The number of piperazine rings is 1. The first-order valence-corrected chi connectivity index (χ1v) is 10.7. The summed E-state index contributed by atoms with van der Waals surface area (Å²) in [5.74, 6) is 0.142. The highest BCUT2D eigenvalue weighted by Gasteiger charge is 2.18. The molecule has 3 rings (SSSR count). The van der Waals surface area contributed by atoms with Crippen LogP contribution < -0.4 is 5.32 Å². The molecule has 0 spiro atoms. The molecule has 0 unspecified atom stereocenters. The number of nitrogens with one attached hydrogen (secondary N) is 1. The fourth-order valence-electron chi connectivity index (χ4n) is 3.66. The van der Waals surface area contributed by atoms with E-state index in [9.17, 15) is 4.79 Å². The van der Waals surface area contributed by atoms with Crippen LogP contribution in [0.25, 0.3) is 6.08 Å². The Balaban J connectivity index is 1.30. The SMILES string of the molecule is C[C@@H](CCc1ccccc1)NC(=O)CN1CCN(C/C=C/c2ccccc2)CC1. The van der Waals surface area contributed by atoms with Gasteiger partial charge in [0, 0.05) is 38.8 Å². The number of carbonyl (C=O) groups excluding carboxylic acids is 1. The molecule has 1 heterocycles. The molecule has 0 bridgehead atoms. The molecule has 1 aliphatic rings. The van der Waals surface area contributed by atoms with E-state index < -0.39 is 0 Å². The Hall–Kier alpha value is -2.43. The van der Waals surface area contributed by atoms with Crippen molar-refractivity contribution in [3.63, 3.8) is 0 Å². The fraction of sp³-hybridized carbons (Fsp3) is 0.400. The number of aryl methyl sites for hydroxylation is 1. The van der Waals surface area contributed by atoms with E-state index in [0.29, 0.717) is 6.54 Å². The van der Waals surface area contributed by atoms with Crippen LogP contribution in [0.15, 0.2) is 66.7 Å². The van der Waals surface area contributed by atoms with Crippen molar-refractivity contribution in [3.8, 4) is 0 Å². The molecule has 4 nitrogen and oxygen atoms in total. The van der Waals surface area contributed by atoms with Gasteiger partial charge in [-0.25, -0.2) is 0 Å². The lowest BCUT2D eigenvalue weighted by Gasteiger charge is -2.33. The predicted molar refractivity (Wildman–Crippen MR) is 121 cm³/mol. The van der Waals surface area contributed by atoms with Crippen LogP contribution in [0, 0.1) is 0 Å². The van der Waals surface area contributed by atoms with E-state index in [1.807, 2.05) is 12.1 Å². The molecular formula is C25H33N3O. The van der Waals surface area contributed by atoms with E-state index in [2.05, 4.69) is 82.7 Å². The molecule has 0 aromatic heterocycles. The minimum atomic E-state index is 0.142. The van der Waals surface area contributed by atoms with Crippen molar-refractivity contribution in [3.05, 3.63) is 77.9 Å². The maximum atomic E-state index is 12.4. The van der Waals surface area contributed by atoms with Crippen LogP contribution in [0.3, 0.4) is 0 Å². The van der Waals surface area contributed by atoms with Gasteiger partial charge in [0.25, 0.3) is 0 Å². The summed E-state index contributed by atoms with van der Waals surface area (Å²) in [5, 5.41) is 3.16. The Morgan fingerprint density at radius 1 is 0.966 bits per heavy atom. The monoisotopic (exact) mass is 391 g/mol. The summed E-state index contributed by atoms with van der Waals surface area (Å²) in [4.78, 5) is 17.1. The summed E-state index contributed by atoms with van der Waals surface area (Å²) < 4.78 is 0. The summed E-state index contributed by atoms with van der Waals surface area (Å²) in [6, 6.07) is 21.1. The molecule has 1 saturated heterocycles. The van der Waals surface area contributed by atoms with Crippen LogP contribution >= 0.6 is 0 Å². The molecule has 0 aliphatic carbocycles. The zero-order valence-electron chi connectivity index (χ0n) is 17.5. The van der Waals surface area contributed by atoms with Crippen molar-refractivity contribution in [1.82, 2.24) is 15.1 Å². The molecule has 2 aromatic carbocycles. The third kappa shape index (κ3) is 7.84. The smallest absolute Gasteiger partial charge is 0.234 e. The quantitative estimate of drug-likeness (QED) is 0.711. The van der Waals surface area contributed by atoms with Gasteiger partial charge in [-0.15, -0.1) is 0 Å². The van der Waals surface area contributed by atoms with Crippen molar-refractivity contribution < 1.29 is 4.79 Å². The molecule has 1 aliphatic heterocycles. The summed E-state index contributed by atoms with van der Waals surface area (Å²) in [6.07, 6.45) is 6.37. The molecule has 4 heteroatoms. The zero-order chi connectivity index (χ0) is 20.3. The van der Waals surface area contributed by atoms with Gasteiger partial charge in [0.15, 0.2) is 0 Å². The first-order valence-electron chi connectivity index (χ1n) is 10.7.